The third kappa shape index (κ3) is 2.98. The lowest BCUT2D eigenvalue weighted by Gasteiger charge is -2.14. The maximum absolute atomic E-state index is 2.38. The molecule has 4 rings (SSSR count). The zero-order chi connectivity index (χ0) is 20.2. The molecule has 0 bridgehead atoms. The highest BCUT2D eigenvalue weighted by Crippen LogP contribution is 2.46. The van der Waals surface area contributed by atoms with Gasteiger partial charge in [-0.1, -0.05) is 38.1 Å². The zero-order valence-electron chi connectivity index (χ0n) is 18.4. The molecule has 2 aromatic carbocycles. The van der Waals surface area contributed by atoms with E-state index in [4.69, 9.17) is 0 Å². The Hall–Kier alpha value is -2.41. The Labute approximate surface area is 170 Å². The highest BCUT2D eigenvalue weighted by molar-refractivity contribution is 5.87. The fourth-order valence-corrected chi connectivity index (χ4v) is 5.00. The summed E-state index contributed by atoms with van der Waals surface area (Å²) >= 11 is 0. The number of hydrogen-bond acceptors (Lipinski definition) is 0. The van der Waals surface area contributed by atoms with Crippen LogP contribution in [0.1, 0.15) is 52.8 Å². The van der Waals surface area contributed by atoms with Crippen molar-refractivity contribution in [3.05, 3.63) is 75.5 Å². The molecule has 0 spiro atoms. The van der Waals surface area contributed by atoms with Crippen LogP contribution >= 0.6 is 0 Å². The zero-order valence-corrected chi connectivity index (χ0v) is 18.4. The van der Waals surface area contributed by atoms with Crippen molar-refractivity contribution >= 4 is 0 Å². The maximum atomic E-state index is 2.38. The molecule has 0 saturated carbocycles. The van der Waals surface area contributed by atoms with Crippen LogP contribution in [0.5, 0.6) is 0 Å². The maximum Gasteiger partial charge on any atom is 0.213 e. The molecule has 0 fully saturated rings. The minimum atomic E-state index is 0.676. The average molecular weight is 371 g/mol. The highest BCUT2D eigenvalue weighted by atomic mass is 14.9. The van der Waals surface area contributed by atoms with E-state index < -0.39 is 0 Å². The van der Waals surface area contributed by atoms with Gasteiger partial charge < -0.3 is 0 Å². The molecule has 0 amide bonds. The van der Waals surface area contributed by atoms with Gasteiger partial charge in [-0.3, -0.25) is 0 Å². The molecular formula is C27H32N+. The number of pyridine rings is 1. The first-order chi connectivity index (χ1) is 13.3. The Bertz CT molecular complexity index is 1090. The van der Waals surface area contributed by atoms with E-state index >= 15 is 0 Å². The summed E-state index contributed by atoms with van der Waals surface area (Å²) in [6.45, 7) is 13.6. The van der Waals surface area contributed by atoms with Crippen molar-refractivity contribution in [1.82, 2.24) is 0 Å². The Balaban J connectivity index is 1.98. The summed E-state index contributed by atoms with van der Waals surface area (Å²) in [6.07, 6.45) is 4.48. The molecule has 1 nitrogen and oxygen atoms in total. The molecule has 0 unspecified atom stereocenters. The summed E-state index contributed by atoms with van der Waals surface area (Å²) in [5.41, 5.74) is 15.8. The van der Waals surface area contributed by atoms with Gasteiger partial charge in [-0.15, -0.1) is 0 Å². The number of rotatable bonds is 3. The summed E-state index contributed by atoms with van der Waals surface area (Å²) in [4.78, 5) is 0. The van der Waals surface area contributed by atoms with E-state index in [1.807, 2.05) is 0 Å². The normalized spacial score (nSPS) is 12.4. The number of aryl methyl sites for hydroxylation is 5. The van der Waals surface area contributed by atoms with Gasteiger partial charge in [0.05, 0.1) is 5.56 Å². The van der Waals surface area contributed by atoms with Gasteiger partial charge in [0.1, 0.15) is 7.05 Å². The fourth-order valence-electron chi connectivity index (χ4n) is 5.00. The van der Waals surface area contributed by atoms with E-state index in [2.05, 4.69) is 89.7 Å². The minimum Gasteiger partial charge on any atom is -0.201 e. The summed E-state index contributed by atoms with van der Waals surface area (Å²) in [6, 6.07) is 11.7. The number of benzene rings is 2. The van der Waals surface area contributed by atoms with Crippen LogP contribution in [0.4, 0.5) is 0 Å². The van der Waals surface area contributed by atoms with Crippen molar-refractivity contribution in [2.45, 2.75) is 54.4 Å². The van der Waals surface area contributed by atoms with Crippen LogP contribution in [-0.4, -0.2) is 0 Å². The molecule has 0 N–H and O–H groups in total. The number of nitrogens with zero attached hydrogens (tertiary/aromatic N) is 1. The number of aromatic nitrogens is 1. The van der Waals surface area contributed by atoms with E-state index in [1.165, 1.54) is 55.8 Å². The van der Waals surface area contributed by atoms with E-state index in [9.17, 15) is 0 Å². The van der Waals surface area contributed by atoms with Crippen LogP contribution in [0.3, 0.4) is 0 Å². The molecule has 28 heavy (non-hydrogen) atoms. The van der Waals surface area contributed by atoms with Crippen molar-refractivity contribution in [2.75, 3.05) is 0 Å². The third-order valence-electron chi connectivity index (χ3n) is 6.35. The molecule has 144 valence electrons. The van der Waals surface area contributed by atoms with E-state index in [-0.39, 0.29) is 0 Å². The lowest BCUT2D eigenvalue weighted by Crippen LogP contribution is -2.32. The molecular weight excluding hydrogens is 338 g/mol. The second kappa shape index (κ2) is 6.88. The van der Waals surface area contributed by atoms with Crippen LogP contribution in [0.25, 0.3) is 22.4 Å². The van der Waals surface area contributed by atoms with Crippen LogP contribution in [0.15, 0.2) is 36.5 Å². The molecule has 3 aromatic rings. The molecule has 1 aliphatic carbocycles. The second-order valence-corrected chi connectivity index (χ2v) is 9.09. The Kier molecular flexibility index (Phi) is 4.65. The third-order valence-corrected chi connectivity index (χ3v) is 6.35. The molecule has 0 radical (unpaired) electrons. The molecule has 1 heterocycles. The Morgan fingerprint density at radius 3 is 2.29 bits per heavy atom. The summed E-state index contributed by atoms with van der Waals surface area (Å²) < 4.78 is 2.30. The minimum absolute atomic E-state index is 0.676. The van der Waals surface area contributed by atoms with Crippen molar-refractivity contribution in [2.24, 2.45) is 13.0 Å². The predicted molar refractivity (Wildman–Crippen MR) is 119 cm³/mol. The van der Waals surface area contributed by atoms with Gasteiger partial charge in [0.25, 0.3) is 0 Å². The Morgan fingerprint density at radius 1 is 0.857 bits per heavy atom. The summed E-state index contributed by atoms with van der Waals surface area (Å²) in [5, 5.41) is 0. The smallest absolute Gasteiger partial charge is 0.201 e. The van der Waals surface area contributed by atoms with Gasteiger partial charge in [0.15, 0.2) is 6.20 Å². The van der Waals surface area contributed by atoms with Crippen LogP contribution in [0.2, 0.25) is 0 Å². The highest BCUT2D eigenvalue weighted by Gasteiger charge is 2.29. The number of fused-ring (bicyclic) bond motifs is 3. The first kappa shape index (κ1) is 18.9. The van der Waals surface area contributed by atoms with Gasteiger partial charge in [0, 0.05) is 11.6 Å². The molecule has 1 heteroatoms. The van der Waals surface area contributed by atoms with E-state index in [1.54, 1.807) is 5.56 Å². The van der Waals surface area contributed by atoms with Crippen LogP contribution in [0, 0.1) is 33.6 Å². The monoisotopic (exact) mass is 370 g/mol. The van der Waals surface area contributed by atoms with E-state index in [0.717, 1.165) is 12.8 Å². The largest absolute Gasteiger partial charge is 0.213 e. The quantitative estimate of drug-likeness (QED) is 0.379. The summed E-state index contributed by atoms with van der Waals surface area (Å²) in [7, 11) is 2.18. The standard InChI is InChI=1S/C27H32N/c1-16(2)11-21-9-8-10-22-23(21)14-24-26(22)18(4)12-19(5)27(24)25-13-17(3)20(6)15-28(25)7/h8-10,12-13,15-16H,11,14H2,1-7H3/q+1. The van der Waals surface area contributed by atoms with Gasteiger partial charge >= 0.3 is 0 Å². The fraction of sp³-hybridized carbons (Fsp3) is 0.370. The first-order valence-electron chi connectivity index (χ1n) is 10.5. The number of hydrogen-bond donors (Lipinski definition) is 0. The van der Waals surface area contributed by atoms with Crippen molar-refractivity contribution < 1.29 is 4.57 Å². The van der Waals surface area contributed by atoms with Crippen LogP contribution < -0.4 is 4.57 Å². The molecule has 0 saturated heterocycles. The van der Waals surface area contributed by atoms with Crippen molar-refractivity contribution in [3.8, 4) is 22.4 Å². The Morgan fingerprint density at radius 2 is 1.57 bits per heavy atom. The van der Waals surface area contributed by atoms with Crippen molar-refractivity contribution in [3.63, 3.8) is 0 Å². The van der Waals surface area contributed by atoms with Gasteiger partial charge in [-0.25, -0.2) is 4.57 Å². The first-order valence-corrected chi connectivity index (χ1v) is 10.5. The van der Waals surface area contributed by atoms with E-state index in [0.29, 0.717) is 5.92 Å². The second-order valence-electron chi connectivity index (χ2n) is 9.09. The van der Waals surface area contributed by atoms with Crippen LogP contribution in [-0.2, 0) is 19.9 Å². The lowest BCUT2D eigenvalue weighted by atomic mass is 9.90. The SMILES string of the molecule is Cc1cc(-c2c(C)cc(C)c3c2Cc2c(CC(C)C)cccc2-3)[n+](C)cc1C. The summed E-state index contributed by atoms with van der Waals surface area (Å²) in [5.74, 6) is 0.676. The van der Waals surface area contributed by atoms with Gasteiger partial charge in [-0.2, -0.15) is 0 Å². The molecule has 1 aromatic heterocycles. The lowest BCUT2D eigenvalue weighted by molar-refractivity contribution is -0.660. The van der Waals surface area contributed by atoms with Gasteiger partial charge in [-0.05, 0) is 91.0 Å². The molecule has 0 aliphatic heterocycles. The molecule has 0 atom stereocenters. The average Bonchev–Trinajstić information content (AvgIpc) is 2.99. The van der Waals surface area contributed by atoms with Crippen molar-refractivity contribution in [1.29, 1.82) is 0 Å². The topological polar surface area (TPSA) is 3.88 Å². The predicted octanol–water partition coefficient (Wildman–Crippen LogP) is 6.18. The molecule has 1 aliphatic rings. The van der Waals surface area contributed by atoms with Gasteiger partial charge in [0.2, 0.25) is 5.69 Å².